The van der Waals surface area contributed by atoms with Gasteiger partial charge in [0.2, 0.25) is 0 Å². The molecule has 0 unspecified atom stereocenters. The molecule has 1 aromatic heterocycles. The second-order valence-electron chi connectivity index (χ2n) is 6.22. The number of likely N-dealkylation sites (N-methyl/N-ethyl adjacent to an activating group) is 2. The maximum Gasteiger partial charge on any atom is 0.291 e. The lowest BCUT2D eigenvalue weighted by Crippen LogP contribution is -2.48. The fourth-order valence-corrected chi connectivity index (χ4v) is 2.66. The van der Waals surface area contributed by atoms with E-state index >= 15 is 0 Å². The van der Waals surface area contributed by atoms with Crippen molar-refractivity contribution in [1.82, 2.24) is 14.8 Å². The molecule has 2 aliphatic heterocycles. The standard InChI is InChI=1S/C15H22N4O4/c1-17-5-3-11(17)9-22-14-7-13(19(20)21)8-16-15(14)23-10-12-4-6-18(12)2/h7-8,11-12H,3-6,9-10H2,1-2H3/t11-,12-/m0/s1. The Morgan fingerprint density at radius 1 is 1.22 bits per heavy atom. The van der Waals surface area contributed by atoms with Crippen LogP contribution in [0.25, 0.3) is 0 Å². The van der Waals surface area contributed by atoms with E-state index in [0.29, 0.717) is 36.9 Å². The average Bonchev–Trinajstić information content (AvgIpc) is 2.53. The molecule has 2 fully saturated rings. The van der Waals surface area contributed by atoms with Crippen molar-refractivity contribution in [3.63, 3.8) is 0 Å². The Morgan fingerprint density at radius 2 is 1.83 bits per heavy atom. The molecule has 8 heteroatoms. The van der Waals surface area contributed by atoms with Crippen LogP contribution >= 0.6 is 0 Å². The Labute approximate surface area is 135 Å². The van der Waals surface area contributed by atoms with Gasteiger partial charge in [-0.1, -0.05) is 0 Å². The van der Waals surface area contributed by atoms with Gasteiger partial charge >= 0.3 is 0 Å². The van der Waals surface area contributed by atoms with Crippen molar-refractivity contribution in [3.8, 4) is 11.6 Å². The second-order valence-corrected chi connectivity index (χ2v) is 6.22. The molecular weight excluding hydrogens is 300 g/mol. The zero-order valence-electron chi connectivity index (χ0n) is 13.5. The van der Waals surface area contributed by atoms with Crippen molar-refractivity contribution in [2.45, 2.75) is 24.9 Å². The van der Waals surface area contributed by atoms with Crippen LogP contribution in [0.1, 0.15) is 12.8 Å². The van der Waals surface area contributed by atoms with Gasteiger partial charge in [0, 0.05) is 12.1 Å². The van der Waals surface area contributed by atoms with Crippen LogP contribution in [-0.2, 0) is 0 Å². The van der Waals surface area contributed by atoms with Crippen molar-refractivity contribution in [2.75, 3.05) is 40.4 Å². The van der Waals surface area contributed by atoms with Gasteiger partial charge in [0.15, 0.2) is 5.75 Å². The molecule has 0 amide bonds. The molecule has 0 N–H and O–H groups in total. The maximum atomic E-state index is 10.9. The van der Waals surface area contributed by atoms with E-state index in [9.17, 15) is 10.1 Å². The van der Waals surface area contributed by atoms with Crippen molar-refractivity contribution in [1.29, 1.82) is 0 Å². The molecule has 2 aliphatic rings. The van der Waals surface area contributed by atoms with Gasteiger partial charge in [0.25, 0.3) is 11.6 Å². The Morgan fingerprint density at radius 3 is 2.30 bits per heavy atom. The first kappa shape index (κ1) is 15.9. The van der Waals surface area contributed by atoms with Crippen LogP contribution in [0.3, 0.4) is 0 Å². The molecular formula is C15H22N4O4. The van der Waals surface area contributed by atoms with Crippen molar-refractivity contribution in [2.24, 2.45) is 0 Å². The van der Waals surface area contributed by atoms with Crippen LogP contribution < -0.4 is 9.47 Å². The van der Waals surface area contributed by atoms with Gasteiger partial charge in [-0.2, -0.15) is 0 Å². The van der Waals surface area contributed by atoms with E-state index < -0.39 is 4.92 Å². The minimum atomic E-state index is -0.473. The predicted octanol–water partition coefficient (Wildman–Crippen LogP) is 1.16. The number of nitro groups is 1. The lowest BCUT2D eigenvalue weighted by Gasteiger charge is -2.38. The summed E-state index contributed by atoms with van der Waals surface area (Å²) in [5, 5.41) is 10.9. The van der Waals surface area contributed by atoms with Gasteiger partial charge in [0.05, 0.1) is 11.0 Å². The highest BCUT2D eigenvalue weighted by Crippen LogP contribution is 2.30. The number of rotatable bonds is 7. The summed E-state index contributed by atoms with van der Waals surface area (Å²) in [6, 6.07) is 2.11. The third kappa shape index (κ3) is 3.53. The zero-order valence-corrected chi connectivity index (χ0v) is 13.5. The number of hydrogen-bond acceptors (Lipinski definition) is 7. The molecule has 0 spiro atoms. The quantitative estimate of drug-likeness (QED) is 0.550. The van der Waals surface area contributed by atoms with Gasteiger partial charge in [0.1, 0.15) is 19.4 Å². The summed E-state index contributed by atoms with van der Waals surface area (Å²) in [4.78, 5) is 18.9. The Bertz CT molecular complexity index is 583. The first-order valence-corrected chi connectivity index (χ1v) is 7.85. The fraction of sp³-hybridized carbons (Fsp3) is 0.667. The third-order valence-electron chi connectivity index (χ3n) is 4.74. The molecule has 126 valence electrons. The monoisotopic (exact) mass is 322 g/mol. The number of likely N-dealkylation sites (tertiary alicyclic amines) is 2. The van der Waals surface area contributed by atoms with E-state index in [0.717, 1.165) is 25.9 Å². The first-order valence-electron chi connectivity index (χ1n) is 7.85. The molecule has 3 heterocycles. The third-order valence-corrected chi connectivity index (χ3v) is 4.74. The van der Waals surface area contributed by atoms with Crippen molar-refractivity contribution < 1.29 is 14.4 Å². The van der Waals surface area contributed by atoms with Crippen LogP contribution in [-0.4, -0.2) is 72.2 Å². The molecule has 0 aliphatic carbocycles. The fourth-order valence-electron chi connectivity index (χ4n) is 2.66. The second kappa shape index (κ2) is 6.67. The first-order chi connectivity index (χ1) is 11.0. The van der Waals surface area contributed by atoms with Crippen molar-refractivity contribution in [3.05, 3.63) is 22.4 Å². The van der Waals surface area contributed by atoms with E-state index in [2.05, 4.69) is 14.8 Å². The molecule has 0 bridgehead atoms. The van der Waals surface area contributed by atoms with Gasteiger partial charge in [-0.25, -0.2) is 4.98 Å². The minimum absolute atomic E-state index is 0.0879. The van der Waals surface area contributed by atoms with Crippen molar-refractivity contribution >= 4 is 5.69 Å². The smallest absolute Gasteiger partial charge is 0.291 e. The molecule has 8 nitrogen and oxygen atoms in total. The van der Waals surface area contributed by atoms with Gasteiger partial charge in [-0.15, -0.1) is 0 Å². The summed E-state index contributed by atoms with van der Waals surface area (Å²) in [6.07, 6.45) is 3.37. The topological polar surface area (TPSA) is 81.0 Å². The lowest BCUT2D eigenvalue weighted by atomic mass is 10.1. The van der Waals surface area contributed by atoms with Crippen LogP contribution in [0.2, 0.25) is 0 Å². The number of ether oxygens (including phenoxy) is 2. The number of hydrogen-bond donors (Lipinski definition) is 0. The molecule has 1 aromatic rings. The maximum absolute atomic E-state index is 10.9. The summed E-state index contributed by atoms with van der Waals surface area (Å²) in [6.45, 7) is 3.12. The highest BCUT2D eigenvalue weighted by Gasteiger charge is 2.27. The van der Waals surface area contributed by atoms with E-state index in [4.69, 9.17) is 9.47 Å². The molecule has 0 saturated carbocycles. The molecule has 2 atom stereocenters. The van der Waals surface area contributed by atoms with Gasteiger partial charge in [-0.05, 0) is 40.0 Å². The summed E-state index contributed by atoms with van der Waals surface area (Å²) in [7, 11) is 4.08. The van der Waals surface area contributed by atoms with E-state index in [1.807, 2.05) is 14.1 Å². The highest BCUT2D eigenvalue weighted by molar-refractivity contribution is 5.42. The average molecular weight is 322 g/mol. The van der Waals surface area contributed by atoms with E-state index in [1.165, 1.54) is 12.3 Å². The predicted molar refractivity (Wildman–Crippen MR) is 84.0 cm³/mol. The van der Waals surface area contributed by atoms with E-state index in [1.54, 1.807) is 0 Å². The Hall–Kier alpha value is -1.93. The van der Waals surface area contributed by atoms with Crippen LogP contribution in [0.5, 0.6) is 11.6 Å². The van der Waals surface area contributed by atoms with Crippen LogP contribution in [0.4, 0.5) is 5.69 Å². The SMILES string of the molecule is CN1CC[C@H]1COc1cc([N+](=O)[O-])cnc1OC[C@@H]1CCN1C. The van der Waals surface area contributed by atoms with Crippen LogP contribution in [0.15, 0.2) is 12.3 Å². The summed E-state index contributed by atoms with van der Waals surface area (Å²) >= 11 is 0. The van der Waals surface area contributed by atoms with Gasteiger partial charge < -0.3 is 9.47 Å². The Kier molecular flexibility index (Phi) is 4.63. The number of nitrogens with zero attached hydrogens (tertiary/aromatic N) is 4. The molecule has 23 heavy (non-hydrogen) atoms. The summed E-state index contributed by atoms with van der Waals surface area (Å²) < 4.78 is 11.5. The minimum Gasteiger partial charge on any atom is -0.486 e. The normalized spacial score (nSPS) is 24.6. The van der Waals surface area contributed by atoms with Crippen LogP contribution in [0, 0.1) is 10.1 Å². The molecule has 3 rings (SSSR count). The summed E-state index contributed by atoms with van der Waals surface area (Å²) in [5.74, 6) is 0.680. The molecule has 0 aromatic carbocycles. The highest BCUT2D eigenvalue weighted by atomic mass is 16.6. The molecule has 0 radical (unpaired) electrons. The number of pyridine rings is 1. The van der Waals surface area contributed by atoms with Gasteiger partial charge in [-0.3, -0.25) is 19.9 Å². The Balaban J connectivity index is 1.66. The number of aromatic nitrogens is 1. The largest absolute Gasteiger partial charge is 0.486 e. The van der Waals surface area contributed by atoms with E-state index in [-0.39, 0.29) is 5.69 Å². The lowest BCUT2D eigenvalue weighted by molar-refractivity contribution is -0.385. The zero-order chi connectivity index (χ0) is 16.4. The summed E-state index contributed by atoms with van der Waals surface area (Å²) in [5.41, 5.74) is -0.0879. The molecule has 2 saturated heterocycles.